The molecule has 2 heterocycles. The molecule has 0 unspecified atom stereocenters. The van der Waals surface area contributed by atoms with Gasteiger partial charge in [0.15, 0.2) is 5.82 Å². The fourth-order valence-electron chi connectivity index (χ4n) is 2.45. The normalized spacial score (nSPS) is 15.1. The monoisotopic (exact) mass is 334 g/mol. The number of benzene rings is 1. The van der Waals surface area contributed by atoms with E-state index in [2.05, 4.69) is 20.6 Å². The molecular formula is C16H16F2N4O2. The summed E-state index contributed by atoms with van der Waals surface area (Å²) in [6, 6.07) is 1.76. The maximum Gasteiger partial charge on any atom is 0.276 e. The van der Waals surface area contributed by atoms with Crippen LogP contribution in [-0.4, -0.2) is 35.1 Å². The van der Waals surface area contributed by atoms with Gasteiger partial charge in [0, 0.05) is 24.5 Å². The molecular weight excluding hydrogens is 318 g/mol. The molecule has 2 aromatic rings. The predicted molar refractivity (Wildman–Crippen MR) is 82.9 cm³/mol. The zero-order valence-electron chi connectivity index (χ0n) is 12.8. The van der Waals surface area contributed by atoms with Gasteiger partial charge >= 0.3 is 0 Å². The van der Waals surface area contributed by atoms with E-state index in [1.807, 2.05) is 0 Å². The number of aromatic nitrogens is 2. The molecule has 0 radical (unpaired) electrons. The van der Waals surface area contributed by atoms with E-state index >= 15 is 0 Å². The van der Waals surface area contributed by atoms with Crippen LogP contribution in [0.25, 0.3) is 0 Å². The smallest absolute Gasteiger partial charge is 0.276 e. The van der Waals surface area contributed by atoms with E-state index in [1.165, 1.54) is 18.6 Å². The molecule has 0 bridgehead atoms. The molecule has 2 N–H and O–H groups in total. The van der Waals surface area contributed by atoms with Crippen molar-refractivity contribution in [1.82, 2.24) is 15.3 Å². The van der Waals surface area contributed by atoms with Crippen molar-refractivity contribution in [1.29, 1.82) is 0 Å². The first kappa shape index (κ1) is 16.3. The fraction of sp³-hybridized carbons (Fsp3) is 0.312. The average Bonchev–Trinajstić information content (AvgIpc) is 2.59. The van der Waals surface area contributed by atoms with E-state index in [0.29, 0.717) is 6.07 Å². The summed E-state index contributed by atoms with van der Waals surface area (Å²) in [4.78, 5) is 19.8. The van der Waals surface area contributed by atoms with E-state index in [9.17, 15) is 13.6 Å². The Morgan fingerprint density at radius 2 is 2.04 bits per heavy atom. The molecule has 3 rings (SSSR count). The van der Waals surface area contributed by atoms with Crippen LogP contribution in [0.1, 0.15) is 23.3 Å². The molecule has 24 heavy (non-hydrogen) atoms. The zero-order valence-corrected chi connectivity index (χ0v) is 12.8. The second-order valence-corrected chi connectivity index (χ2v) is 5.37. The van der Waals surface area contributed by atoms with Crippen molar-refractivity contribution in [2.24, 2.45) is 0 Å². The number of nitrogens with zero attached hydrogens (tertiary/aromatic N) is 2. The van der Waals surface area contributed by atoms with Crippen LogP contribution in [0.15, 0.2) is 30.7 Å². The maximum atomic E-state index is 14.2. The van der Waals surface area contributed by atoms with Crippen LogP contribution in [0, 0.1) is 11.6 Å². The predicted octanol–water partition coefficient (Wildman–Crippen LogP) is 2.14. The van der Waals surface area contributed by atoms with Crippen molar-refractivity contribution in [2.75, 3.05) is 18.4 Å². The number of hydrogen-bond donors (Lipinski definition) is 2. The van der Waals surface area contributed by atoms with Gasteiger partial charge in [-0.25, -0.2) is 13.8 Å². The number of anilines is 1. The van der Waals surface area contributed by atoms with Crippen molar-refractivity contribution < 1.29 is 18.3 Å². The molecule has 1 aliphatic rings. The number of amides is 1. The van der Waals surface area contributed by atoms with Crippen molar-refractivity contribution in [2.45, 2.75) is 18.9 Å². The minimum atomic E-state index is -0.906. The minimum absolute atomic E-state index is 0.0223. The van der Waals surface area contributed by atoms with Gasteiger partial charge in [-0.05, 0) is 25.9 Å². The molecule has 0 spiro atoms. The number of carbonyl (C=O) groups excluding carboxylic acids is 1. The van der Waals surface area contributed by atoms with Gasteiger partial charge in [-0.2, -0.15) is 0 Å². The molecule has 0 atom stereocenters. The topological polar surface area (TPSA) is 76.1 Å². The molecule has 0 saturated carbocycles. The Hall–Kier alpha value is -2.61. The highest BCUT2D eigenvalue weighted by molar-refractivity contribution is 6.03. The Kier molecular flexibility index (Phi) is 4.95. The first-order chi connectivity index (χ1) is 11.6. The minimum Gasteiger partial charge on any atom is -0.488 e. The maximum absolute atomic E-state index is 14.2. The number of nitrogens with one attached hydrogen (secondary N) is 2. The molecule has 1 saturated heterocycles. The van der Waals surface area contributed by atoms with Crippen LogP contribution in [0.5, 0.6) is 5.75 Å². The Balaban J connectivity index is 1.84. The molecule has 1 fully saturated rings. The summed E-state index contributed by atoms with van der Waals surface area (Å²) in [6.45, 7) is 1.54. The molecule has 1 aromatic heterocycles. The largest absolute Gasteiger partial charge is 0.488 e. The van der Waals surface area contributed by atoms with E-state index in [4.69, 9.17) is 4.74 Å². The summed E-state index contributed by atoms with van der Waals surface area (Å²) in [5, 5.41) is 5.57. The van der Waals surface area contributed by atoms with Crippen LogP contribution < -0.4 is 15.4 Å². The van der Waals surface area contributed by atoms with Crippen molar-refractivity contribution >= 4 is 11.6 Å². The first-order valence-electron chi connectivity index (χ1n) is 7.57. The van der Waals surface area contributed by atoms with Crippen LogP contribution >= 0.6 is 0 Å². The lowest BCUT2D eigenvalue weighted by atomic mass is 10.1. The standard InChI is InChI=1S/C16H16F2N4O2/c17-10-7-12(18)15(22-16(23)13-9-20-5-6-21-13)14(8-10)24-11-1-3-19-4-2-11/h5-9,11,19H,1-4H2,(H,22,23). The molecule has 1 amide bonds. The lowest BCUT2D eigenvalue weighted by Gasteiger charge is -2.25. The lowest BCUT2D eigenvalue weighted by molar-refractivity contribution is 0.101. The van der Waals surface area contributed by atoms with Gasteiger partial charge in [0.2, 0.25) is 0 Å². The van der Waals surface area contributed by atoms with Gasteiger partial charge in [-0.15, -0.1) is 0 Å². The van der Waals surface area contributed by atoms with Crippen molar-refractivity contribution in [3.8, 4) is 5.75 Å². The number of hydrogen-bond acceptors (Lipinski definition) is 5. The molecule has 6 nitrogen and oxygen atoms in total. The van der Waals surface area contributed by atoms with E-state index in [1.54, 1.807) is 0 Å². The highest BCUT2D eigenvalue weighted by Gasteiger charge is 2.21. The third kappa shape index (κ3) is 3.83. The number of piperidine rings is 1. The van der Waals surface area contributed by atoms with Crippen molar-refractivity contribution in [3.63, 3.8) is 0 Å². The molecule has 8 heteroatoms. The van der Waals surface area contributed by atoms with Gasteiger partial charge in [-0.1, -0.05) is 0 Å². The van der Waals surface area contributed by atoms with Gasteiger partial charge in [0.25, 0.3) is 5.91 Å². The lowest BCUT2D eigenvalue weighted by Crippen LogP contribution is -2.34. The molecule has 0 aliphatic carbocycles. The second kappa shape index (κ2) is 7.31. The van der Waals surface area contributed by atoms with E-state index < -0.39 is 17.5 Å². The number of rotatable bonds is 4. The summed E-state index contributed by atoms with van der Waals surface area (Å²) < 4.78 is 33.4. The van der Waals surface area contributed by atoms with Crippen LogP contribution in [0.4, 0.5) is 14.5 Å². The van der Waals surface area contributed by atoms with Gasteiger partial charge in [-0.3, -0.25) is 9.78 Å². The van der Waals surface area contributed by atoms with Gasteiger partial charge in [0.1, 0.15) is 29.1 Å². The Morgan fingerprint density at radius 3 is 2.75 bits per heavy atom. The molecule has 126 valence electrons. The summed E-state index contributed by atoms with van der Waals surface area (Å²) in [7, 11) is 0. The van der Waals surface area contributed by atoms with E-state index in [-0.39, 0.29) is 23.2 Å². The Labute approximate surface area is 137 Å². The second-order valence-electron chi connectivity index (χ2n) is 5.37. The van der Waals surface area contributed by atoms with Crippen LogP contribution in [-0.2, 0) is 0 Å². The third-order valence-electron chi connectivity index (χ3n) is 3.63. The SMILES string of the molecule is O=C(Nc1c(F)cc(F)cc1OC1CCNCC1)c1cnccn1. The van der Waals surface area contributed by atoms with Gasteiger partial charge in [0.05, 0.1) is 6.20 Å². The van der Waals surface area contributed by atoms with Crippen LogP contribution in [0.2, 0.25) is 0 Å². The van der Waals surface area contributed by atoms with Gasteiger partial charge < -0.3 is 15.4 Å². The number of ether oxygens (including phenoxy) is 1. The Morgan fingerprint density at radius 1 is 1.25 bits per heavy atom. The van der Waals surface area contributed by atoms with E-state index in [0.717, 1.165) is 32.0 Å². The quantitative estimate of drug-likeness (QED) is 0.896. The highest BCUT2D eigenvalue weighted by Crippen LogP contribution is 2.31. The number of carbonyl (C=O) groups is 1. The highest BCUT2D eigenvalue weighted by atomic mass is 19.1. The summed E-state index contributed by atoms with van der Waals surface area (Å²) in [5.41, 5.74) is -0.181. The molecule has 1 aliphatic heterocycles. The summed E-state index contributed by atoms with van der Waals surface area (Å²) in [6.07, 6.45) is 5.29. The summed E-state index contributed by atoms with van der Waals surface area (Å²) >= 11 is 0. The molecule has 1 aromatic carbocycles. The Bertz CT molecular complexity index is 722. The average molecular weight is 334 g/mol. The first-order valence-corrected chi connectivity index (χ1v) is 7.57. The third-order valence-corrected chi connectivity index (χ3v) is 3.63. The van der Waals surface area contributed by atoms with Crippen LogP contribution in [0.3, 0.4) is 0 Å². The van der Waals surface area contributed by atoms with Crippen molar-refractivity contribution in [3.05, 3.63) is 48.1 Å². The number of halogens is 2. The fourth-order valence-corrected chi connectivity index (χ4v) is 2.45. The zero-order chi connectivity index (χ0) is 16.9. The summed E-state index contributed by atoms with van der Waals surface area (Å²) in [5.74, 6) is -2.36.